The van der Waals surface area contributed by atoms with E-state index in [1.54, 1.807) is 6.92 Å². The van der Waals surface area contributed by atoms with Gasteiger partial charge in [-0.2, -0.15) is 5.10 Å². The number of aryl methyl sites for hydroxylation is 1. The summed E-state index contributed by atoms with van der Waals surface area (Å²) in [4.78, 5) is 11.7. The lowest BCUT2D eigenvalue weighted by Gasteiger charge is -2.04. The first kappa shape index (κ1) is 17.0. The monoisotopic (exact) mass is 321 g/mol. The van der Waals surface area contributed by atoms with Crippen LogP contribution in [0, 0.1) is 0 Å². The van der Waals surface area contributed by atoms with E-state index < -0.39 is 15.0 Å². The maximum absolute atomic E-state index is 12.0. The van der Waals surface area contributed by atoms with Crippen LogP contribution in [0.3, 0.4) is 0 Å². The SMILES string of the molecule is CCCCCCNC(=O)c1n[nH]c(CC)c1S(=O)(=O)Cl. The lowest BCUT2D eigenvalue weighted by Crippen LogP contribution is -2.26. The number of amides is 1. The highest BCUT2D eigenvalue weighted by Gasteiger charge is 2.27. The van der Waals surface area contributed by atoms with Crippen LogP contribution in [0.2, 0.25) is 0 Å². The fraction of sp³-hybridized carbons (Fsp3) is 0.667. The van der Waals surface area contributed by atoms with Crippen LogP contribution in [0.4, 0.5) is 0 Å². The number of hydrogen-bond donors (Lipinski definition) is 2. The average Bonchev–Trinajstić information content (AvgIpc) is 2.82. The molecule has 1 aromatic rings. The summed E-state index contributed by atoms with van der Waals surface area (Å²) in [5.74, 6) is -0.517. The van der Waals surface area contributed by atoms with Crippen molar-refractivity contribution in [3.05, 3.63) is 11.4 Å². The summed E-state index contributed by atoms with van der Waals surface area (Å²) in [6.07, 6.45) is 4.51. The fourth-order valence-corrected chi connectivity index (χ4v) is 3.21. The third-order valence-electron chi connectivity index (χ3n) is 2.92. The molecule has 114 valence electrons. The molecule has 8 heteroatoms. The molecule has 0 atom stereocenters. The molecule has 0 unspecified atom stereocenters. The van der Waals surface area contributed by atoms with E-state index in [0.29, 0.717) is 18.7 Å². The lowest BCUT2D eigenvalue weighted by molar-refractivity contribution is 0.0944. The van der Waals surface area contributed by atoms with E-state index >= 15 is 0 Å². The zero-order chi connectivity index (χ0) is 15.2. The molecule has 0 aromatic carbocycles. The van der Waals surface area contributed by atoms with Crippen LogP contribution < -0.4 is 5.32 Å². The maximum atomic E-state index is 12.0. The first-order valence-corrected chi connectivity index (χ1v) is 9.02. The molecule has 0 bridgehead atoms. The molecule has 0 spiro atoms. The lowest BCUT2D eigenvalue weighted by atomic mass is 10.2. The molecule has 1 heterocycles. The number of hydrogen-bond acceptors (Lipinski definition) is 4. The van der Waals surface area contributed by atoms with Gasteiger partial charge in [0.1, 0.15) is 4.90 Å². The van der Waals surface area contributed by atoms with Crippen LogP contribution in [0.25, 0.3) is 0 Å². The van der Waals surface area contributed by atoms with Crippen LogP contribution in [0.15, 0.2) is 4.90 Å². The molecule has 0 aliphatic rings. The minimum absolute atomic E-state index is 0.160. The summed E-state index contributed by atoms with van der Waals surface area (Å²) >= 11 is 0. The van der Waals surface area contributed by atoms with Crippen molar-refractivity contribution in [3.8, 4) is 0 Å². The van der Waals surface area contributed by atoms with E-state index in [2.05, 4.69) is 22.4 Å². The largest absolute Gasteiger partial charge is 0.351 e. The van der Waals surface area contributed by atoms with E-state index in [1.807, 2.05) is 0 Å². The molecule has 1 aromatic heterocycles. The van der Waals surface area contributed by atoms with Crippen LogP contribution in [-0.4, -0.2) is 31.1 Å². The number of aromatic nitrogens is 2. The third-order valence-corrected chi connectivity index (χ3v) is 4.31. The summed E-state index contributed by atoms with van der Waals surface area (Å²) in [6.45, 7) is 4.35. The first-order valence-electron chi connectivity index (χ1n) is 6.71. The van der Waals surface area contributed by atoms with E-state index in [1.165, 1.54) is 0 Å². The van der Waals surface area contributed by atoms with Crippen molar-refractivity contribution in [2.24, 2.45) is 0 Å². The number of carbonyl (C=O) groups excluding carboxylic acids is 1. The van der Waals surface area contributed by atoms with Gasteiger partial charge in [0.2, 0.25) is 0 Å². The van der Waals surface area contributed by atoms with Crippen molar-refractivity contribution >= 4 is 25.6 Å². The van der Waals surface area contributed by atoms with Crippen molar-refractivity contribution in [3.63, 3.8) is 0 Å². The van der Waals surface area contributed by atoms with Gasteiger partial charge in [-0.15, -0.1) is 0 Å². The molecular weight excluding hydrogens is 302 g/mol. The Hall–Kier alpha value is -1.08. The van der Waals surface area contributed by atoms with Gasteiger partial charge in [-0.3, -0.25) is 9.89 Å². The van der Waals surface area contributed by atoms with E-state index in [9.17, 15) is 13.2 Å². The van der Waals surface area contributed by atoms with Crippen LogP contribution in [0.1, 0.15) is 55.7 Å². The number of carbonyl (C=O) groups is 1. The van der Waals surface area contributed by atoms with Gasteiger partial charge in [0.05, 0.1) is 5.69 Å². The van der Waals surface area contributed by atoms with Gasteiger partial charge < -0.3 is 5.32 Å². The highest BCUT2D eigenvalue weighted by atomic mass is 35.7. The van der Waals surface area contributed by atoms with Gasteiger partial charge in [-0.05, 0) is 12.8 Å². The minimum Gasteiger partial charge on any atom is -0.351 e. The molecule has 0 fully saturated rings. The van der Waals surface area contributed by atoms with E-state index in [4.69, 9.17) is 10.7 Å². The normalized spacial score (nSPS) is 11.6. The quantitative estimate of drug-likeness (QED) is 0.567. The Balaban J connectivity index is 2.76. The molecule has 1 rings (SSSR count). The number of nitrogens with one attached hydrogen (secondary N) is 2. The zero-order valence-corrected chi connectivity index (χ0v) is 13.3. The summed E-state index contributed by atoms with van der Waals surface area (Å²) in [5, 5.41) is 8.98. The minimum atomic E-state index is -4.00. The molecule has 2 N–H and O–H groups in total. The Morgan fingerprint density at radius 2 is 2.00 bits per heavy atom. The van der Waals surface area contributed by atoms with Crippen molar-refractivity contribution in [1.29, 1.82) is 0 Å². The van der Waals surface area contributed by atoms with Gasteiger partial charge in [0.25, 0.3) is 15.0 Å². The maximum Gasteiger partial charge on any atom is 0.273 e. The predicted molar refractivity (Wildman–Crippen MR) is 77.5 cm³/mol. The Labute approximate surface area is 123 Å². The van der Waals surface area contributed by atoms with Crippen molar-refractivity contribution in [1.82, 2.24) is 15.5 Å². The Bertz CT molecular complexity index is 554. The average molecular weight is 322 g/mol. The molecule has 0 aliphatic heterocycles. The number of halogens is 1. The van der Waals surface area contributed by atoms with Gasteiger partial charge in [-0.1, -0.05) is 33.1 Å². The Kier molecular flexibility index (Phi) is 6.48. The van der Waals surface area contributed by atoms with Gasteiger partial charge in [0.15, 0.2) is 5.69 Å². The number of rotatable bonds is 8. The van der Waals surface area contributed by atoms with E-state index in [-0.39, 0.29) is 10.6 Å². The summed E-state index contributed by atoms with van der Waals surface area (Å²) < 4.78 is 23.1. The molecule has 0 saturated heterocycles. The summed E-state index contributed by atoms with van der Waals surface area (Å²) in [7, 11) is 1.37. The highest BCUT2D eigenvalue weighted by molar-refractivity contribution is 8.13. The van der Waals surface area contributed by atoms with Crippen molar-refractivity contribution in [2.75, 3.05) is 6.54 Å². The second-order valence-electron chi connectivity index (χ2n) is 4.49. The topological polar surface area (TPSA) is 91.9 Å². The zero-order valence-electron chi connectivity index (χ0n) is 11.7. The number of unbranched alkanes of at least 4 members (excludes halogenated alkanes) is 3. The second kappa shape index (κ2) is 7.64. The first-order chi connectivity index (χ1) is 9.41. The van der Waals surface area contributed by atoms with Crippen molar-refractivity contribution < 1.29 is 13.2 Å². The van der Waals surface area contributed by atoms with Crippen LogP contribution in [-0.2, 0) is 15.5 Å². The smallest absolute Gasteiger partial charge is 0.273 e. The van der Waals surface area contributed by atoms with E-state index in [0.717, 1.165) is 25.7 Å². The number of H-pyrrole nitrogens is 1. The number of aromatic amines is 1. The van der Waals surface area contributed by atoms with Gasteiger partial charge in [-0.25, -0.2) is 8.42 Å². The molecule has 20 heavy (non-hydrogen) atoms. The molecule has 0 radical (unpaired) electrons. The number of nitrogens with zero attached hydrogens (tertiary/aromatic N) is 1. The molecule has 1 amide bonds. The summed E-state index contributed by atoms with van der Waals surface area (Å²) in [5.41, 5.74) is 0.184. The van der Waals surface area contributed by atoms with Crippen LogP contribution in [0.5, 0.6) is 0 Å². The standard InChI is InChI=1S/C12H20ClN3O3S/c1-3-5-6-7-8-14-12(17)10-11(20(13,18)19)9(4-2)15-16-10/h3-8H2,1-2H3,(H,14,17)(H,15,16). The van der Waals surface area contributed by atoms with Gasteiger partial charge in [0, 0.05) is 17.2 Å². The molecule has 0 saturated carbocycles. The Morgan fingerprint density at radius 1 is 1.30 bits per heavy atom. The molecule has 0 aliphatic carbocycles. The van der Waals surface area contributed by atoms with Gasteiger partial charge >= 0.3 is 0 Å². The molecular formula is C12H20ClN3O3S. The second-order valence-corrected chi connectivity index (χ2v) is 6.99. The summed E-state index contributed by atoms with van der Waals surface area (Å²) in [6, 6.07) is 0. The molecule has 6 nitrogen and oxygen atoms in total. The third kappa shape index (κ3) is 4.49. The predicted octanol–water partition coefficient (Wildman–Crippen LogP) is 2.21. The van der Waals surface area contributed by atoms with Crippen molar-refractivity contribution in [2.45, 2.75) is 50.8 Å². The van der Waals surface area contributed by atoms with Crippen LogP contribution >= 0.6 is 10.7 Å². The highest BCUT2D eigenvalue weighted by Crippen LogP contribution is 2.22. The fourth-order valence-electron chi connectivity index (χ4n) is 1.86. The Morgan fingerprint density at radius 3 is 2.55 bits per heavy atom.